The van der Waals surface area contributed by atoms with Gasteiger partial charge in [-0.15, -0.1) is 0 Å². The molecule has 0 saturated heterocycles. The third-order valence-electron chi connectivity index (χ3n) is 3.75. The van der Waals surface area contributed by atoms with Crippen molar-refractivity contribution in [2.45, 2.75) is 51.6 Å². The van der Waals surface area contributed by atoms with E-state index in [2.05, 4.69) is 15.1 Å². The first-order valence-corrected chi connectivity index (χ1v) is 9.54. The van der Waals surface area contributed by atoms with E-state index < -0.39 is 16.1 Å². The summed E-state index contributed by atoms with van der Waals surface area (Å²) in [5, 5.41) is 6.89. The lowest BCUT2D eigenvalue weighted by atomic mass is 10.2. The van der Waals surface area contributed by atoms with E-state index in [4.69, 9.17) is 0 Å². The average molecular weight is 364 g/mol. The summed E-state index contributed by atoms with van der Waals surface area (Å²) in [7, 11) is -3.64. The van der Waals surface area contributed by atoms with Gasteiger partial charge in [-0.2, -0.15) is 5.10 Å². The summed E-state index contributed by atoms with van der Waals surface area (Å²) in [5.74, 6) is -0.268. The van der Waals surface area contributed by atoms with Gasteiger partial charge in [-0.1, -0.05) is 6.07 Å². The standard InChI is InChI=1S/C17H24N4O3S/c1-11(2)20-25(23,24)16-10-15(7-6-12(16)3)19-17(22)14(5)21-13(4)8-9-18-21/h6-11,14,20H,1-5H3,(H,19,22)/t14-/m0/s1. The number of carbonyl (C=O) groups excluding carboxylic acids is 1. The molecule has 2 rings (SSSR count). The molecule has 1 heterocycles. The molecule has 0 aliphatic carbocycles. The molecule has 0 saturated carbocycles. The lowest BCUT2D eigenvalue weighted by molar-refractivity contribution is -0.119. The summed E-state index contributed by atoms with van der Waals surface area (Å²) in [5.41, 5.74) is 1.91. The molecule has 0 bridgehead atoms. The lowest BCUT2D eigenvalue weighted by Crippen LogP contribution is -2.31. The van der Waals surface area contributed by atoms with Gasteiger partial charge in [0.25, 0.3) is 0 Å². The van der Waals surface area contributed by atoms with E-state index in [0.29, 0.717) is 11.3 Å². The number of anilines is 1. The molecule has 25 heavy (non-hydrogen) atoms. The molecule has 8 heteroatoms. The first-order valence-electron chi connectivity index (χ1n) is 8.06. The molecule has 136 valence electrons. The number of hydrogen-bond acceptors (Lipinski definition) is 4. The molecule has 1 aromatic carbocycles. The van der Waals surface area contributed by atoms with Gasteiger partial charge in [0.2, 0.25) is 15.9 Å². The molecule has 7 nitrogen and oxygen atoms in total. The SMILES string of the molecule is Cc1ccc(NC(=O)[C@H](C)n2nccc2C)cc1S(=O)(=O)NC(C)C. The molecule has 0 spiro atoms. The van der Waals surface area contributed by atoms with Crippen molar-refractivity contribution in [2.75, 3.05) is 5.32 Å². The quantitative estimate of drug-likeness (QED) is 0.823. The van der Waals surface area contributed by atoms with Crippen molar-refractivity contribution in [3.05, 3.63) is 41.7 Å². The number of nitrogens with one attached hydrogen (secondary N) is 2. The Bertz CT molecular complexity index is 872. The molecule has 2 N–H and O–H groups in total. The third-order valence-corrected chi connectivity index (χ3v) is 5.55. The number of amides is 1. The van der Waals surface area contributed by atoms with Crippen LogP contribution in [0.1, 0.15) is 38.1 Å². The Morgan fingerprint density at radius 3 is 2.40 bits per heavy atom. The van der Waals surface area contributed by atoms with Gasteiger partial charge in [-0.05, 0) is 58.4 Å². The van der Waals surface area contributed by atoms with E-state index >= 15 is 0 Å². The van der Waals surface area contributed by atoms with E-state index in [1.807, 2.05) is 13.0 Å². The number of aromatic nitrogens is 2. The average Bonchev–Trinajstić information content (AvgIpc) is 2.93. The molecule has 0 aliphatic rings. The highest BCUT2D eigenvalue weighted by Gasteiger charge is 2.21. The number of benzene rings is 1. The minimum atomic E-state index is -3.64. The van der Waals surface area contributed by atoms with E-state index in [0.717, 1.165) is 5.69 Å². The molecule has 0 aliphatic heterocycles. The van der Waals surface area contributed by atoms with Gasteiger partial charge < -0.3 is 5.32 Å². The largest absolute Gasteiger partial charge is 0.324 e. The molecule has 1 atom stereocenters. The fourth-order valence-electron chi connectivity index (χ4n) is 2.48. The molecular formula is C17H24N4O3S. The third kappa shape index (κ3) is 4.46. The van der Waals surface area contributed by atoms with Crippen LogP contribution in [0, 0.1) is 13.8 Å². The van der Waals surface area contributed by atoms with Crippen molar-refractivity contribution in [2.24, 2.45) is 0 Å². The number of nitrogens with zero attached hydrogens (tertiary/aromatic N) is 2. The maximum Gasteiger partial charge on any atom is 0.248 e. The number of carbonyl (C=O) groups is 1. The summed E-state index contributed by atoms with van der Waals surface area (Å²) in [6.45, 7) is 8.84. The van der Waals surface area contributed by atoms with Crippen LogP contribution in [-0.2, 0) is 14.8 Å². The first-order chi connectivity index (χ1) is 11.6. The second kappa shape index (κ2) is 7.37. The van der Waals surface area contributed by atoms with Crippen molar-refractivity contribution in [1.29, 1.82) is 0 Å². The second-order valence-electron chi connectivity index (χ2n) is 6.34. The van der Waals surface area contributed by atoms with Crippen molar-refractivity contribution in [3.8, 4) is 0 Å². The Labute approximate surface area is 148 Å². The summed E-state index contributed by atoms with van der Waals surface area (Å²) in [6, 6.07) is 5.92. The van der Waals surface area contributed by atoms with Crippen LogP contribution < -0.4 is 10.0 Å². The van der Waals surface area contributed by atoms with Crippen LogP contribution in [-0.4, -0.2) is 30.1 Å². The fraction of sp³-hybridized carbons (Fsp3) is 0.412. The van der Waals surface area contributed by atoms with E-state index in [1.54, 1.807) is 50.7 Å². The zero-order chi connectivity index (χ0) is 18.8. The maximum atomic E-state index is 12.4. The number of sulfonamides is 1. The Kier molecular flexibility index (Phi) is 5.64. The molecule has 0 radical (unpaired) electrons. The van der Waals surface area contributed by atoms with Crippen molar-refractivity contribution < 1.29 is 13.2 Å². The number of aryl methyl sites for hydroxylation is 2. The Hall–Kier alpha value is -2.19. The summed E-state index contributed by atoms with van der Waals surface area (Å²) < 4.78 is 29.0. The minimum Gasteiger partial charge on any atom is -0.324 e. The monoisotopic (exact) mass is 364 g/mol. The van der Waals surface area contributed by atoms with Gasteiger partial charge in [0.15, 0.2) is 0 Å². The first kappa shape index (κ1) is 19.1. The molecular weight excluding hydrogens is 340 g/mol. The van der Waals surface area contributed by atoms with Crippen LogP contribution in [0.4, 0.5) is 5.69 Å². The Balaban J connectivity index is 2.25. The predicted octanol–water partition coefficient (Wildman–Crippen LogP) is 2.39. The maximum absolute atomic E-state index is 12.4. The zero-order valence-corrected chi connectivity index (χ0v) is 15.9. The van der Waals surface area contributed by atoms with E-state index in [9.17, 15) is 13.2 Å². The van der Waals surface area contributed by atoms with Gasteiger partial charge in [0, 0.05) is 23.6 Å². The van der Waals surface area contributed by atoms with Gasteiger partial charge in [-0.3, -0.25) is 9.48 Å². The van der Waals surface area contributed by atoms with Crippen LogP contribution in [0.15, 0.2) is 35.4 Å². The zero-order valence-electron chi connectivity index (χ0n) is 15.1. The summed E-state index contributed by atoms with van der Waals surface area (Å²) in [4.78, 5) is 12.6. The van der Waals surface area contributed by atoms with E-state index in [-0.39, 0.29) is 16.8 Å². The van der Waals surface area contributed by atoms with Gasteiger partial charge in [0.1, 0.15) is 6.04 Å². The van der Waals surface area contributed by atoms with E-state index in [1.165, 1.54) is 6.07 Å². The van der Waals surface area contributed by atoms with Crippen LogP contribution in [0.25, 0.3) is 0 Å². The van der Waals surface area contributed by atoms with Gasteiger partial charge in [0.05, 0.1) is 4.90 Å². The smallest absolute Gasteiger partial charge is 0.248 e. The minimum absolute atomic E-state index is 0.155. The highest BCUT2D eigenvalue weighted by Crippen LogP contribution is 2.21. The molecule has 1 amide bonds. The highest BCUT2D eigenvalue weighted by atomic mass is 32.2. The fourth-order valence-corrected chi connectivity index (χ4v) is 4.01. The highest BCUT2D eigenvalue weighted by molar-refractivity contribution is 7.89. The van der Waals surface area contributed by atoms with Gasteiger partial charge in [-0.25, -0.2) is 13.1 Å². The Morgan fingerprint density at radius 2 is 1.84 bits per heavy atom. The summed E-state index contributed by atoms with van der Waals surface area (Å²) in [6.07, 6.45) is 1.63. The Morgan fingerprint density at radius 1 is 1.16 bits per heavy atom. The number of rotatable bonds is 6. The van der Waals surface area contributed by atoms with Crippen molar-refractivity contribution >= 4 is 21.6 Å². The van der Waals surface area contributed by atoms with Crippen LogP contribution >= 0.6 is 0 Å². The van der Waals surface area contributed by atoms with Gasteiger partial charge >= 0.3 is 0 Å². The van der Waals surface area contributed by atoms with Crippen molar-refractivity contribution in [3.63, 3.8) is 0 Å². The predicted molar refractivity (Wildman–Crippen MR) is 96.9 cm³/mol. The molecule has 1 aromatic heterocycles. The van der Waals surface area contributed by atoms with Crippen LogP contribution in [0.3, 0.4) is 0 Å². The molecule has 0 fully saturated rings. The number of hydrogen-bond donors (Lipinski definition) is 2. The van der Waals surface area contributed by atoms with Crippen molar-refractivity contribution in [1.82, 2.24) is 14.5 Å². The second-order valence-corrected chi connectivity index (χ2v) is 8.02. The topological polar surface area (TPSA) is 93.1 Å². The normalized spacial score (nSPS) is 13.0. The van der Waals surface area contributed by atoms with Crippen LogP contribution in [0.2, 0.25) is 0 Å². The summed E-state index contributed by atoms with van der Waals surface area (Å²) >= 11 is 0. The molecule has 0 unspecified atom stereocenters. The molecule has 2 aromatic rings. The lowest BCUT2D eigenvalue weighted by Gasteiger charge is -2.16. The van der Waals surface area contributed by atoms with Crippen LogP contribution in [0.5, 0.6) is 0 Å².